The third kappa shape index (κ3) is 3.52. The second-order valence-electron chi connectivity index (χ2n) is 6.19. The Bertz CT molecular complexity index is 945. The SMILES string of the molecule is O=C(OCc1cc(=O)n2ccsc2n1)c1cc2c(s1)CCCCCC2. The average molecular weight is 374 g/mol. The minimum Gasteiger partial charge on any atom is -0.455 e. The van der Waals surface area contributed by atoms with Crippen LogP contribution in [0.4, 0.5) is 0 Å². The van der Waals surface area contributed by atoms with E-state index >= 15 is 0 Å². The molecule has 130 valence electrons. The summed E-state index contributed by atoms with van der Waals surface area (Å²) in [6.45, 7) is 0.0189. The van der Waals surface area contributed by atoms with E-state index in [2.05, 4.69) is 4.98 Å². The van der Waals surface area contributed by atoms with Gasteiger partial charge >= 0.3 is 5.97 Å². The molecule has 0 saturated carbocycles. The second kappa shape index (κ2) is 7.09. The van der Waals surface area contributed by atoms with Crippen molar-refractivity contribution < 1.29 is 9.53 Å². The summed E-state index contributed by atoms with van der Waals surface area (Å²) in [7, 11) is 0. The zero-order chi connectivity index (χ0) is 17.2. The normalized spacial score (nSPS) is 14.7. The fourth-order valence-electron chi connectivity index (χ4n) is 3.12. The van der Waals surface area contributed by atoms with E-state index in [1.165, 1.54) is 57.9 Å². The van der Waals surface area contributed by atoms with Gasteiger partial charge in [0, 0.05) is 22.5 Å². The summed E-state index contributed by atoms with van der Waals surface area (Å²) >= 11 is 2.93. The molecule has 7 heteroatoms. The Kier molecular flexibility index (Phi) is 4.67. The lowest BCUT2D eigenvalue weighted by molar-refractivity contribution is 0.0473. The van der Waals surface area contributed by atoms with Crippen molar-refractivity contribution in [1.29, 1.82) is 0 Å². The first-order chi connectivity index (χ1) is 12.2. The van der Waals surface area contributed by atoms with Crippen LogP contribution in [0.2, 0.25) is 0 Å². The van der Waals surface area contributed by atoms with Gasteiger partial charge in [-0.25, -0.2) is 9.78 Å². The number of nitrogens with zero attached hydrogens (tertiary/aromatic N) is 2. The van der Waals surface area contributed by atoms with Gasteiger partial charge in [-0.2, -0.15) is 0 Å². The molecule has 0 saturated heterocycles. The van der Waals surface area contributed by atoms with Crippen LogP contribution >= 0.6 is 22.7 Å². The van der Waals surface area contributed by atoms with Crippen molar-refractivity contribution in [2.45, 2.75) is 45.1 Å². The summed E-state index contributed by atoms with van der Waals surface area (Å²) in [5, 5.41) is 1.81. The van der Waals surface area contributed by atoms with Crippen molar-refractivity contribution in [1.82, 2.24) is 9.38 Å². The zero-order valence-electron chi connectivity index (χ0n) is 13.7. The number of esters is 1. The molecule has 0 radical (unpaired) electrons. The summed E-state index contributed by atoms with van der Waals surface area (Å²) < 4.78 is 6.88. The van der Waals surface area contributed by atoms with Crippen LogP contribution in [0, 0.1) is 0 Å². The molecule has 3 aromatic rings. The van der Waals surface area contributed by atoms with Crippen LogP contribution in [0.1, 0.15) is 51.5 Å². The van der Waals surface area contributed by atoms with Gasteiger partial charge < -0.3 is 4.74 Å². The number of hydrogen-bond donors (Lipinski definition) is 0. The van der Waals surface area contributed by atoms with Crippen LogP contribution in [-0.2, 0) is 24.2 Å². The smallest absolute Gasteiger partial charge is 0.348 e. The molecule has 0 N–H and O–H groups in total. The van der Waals surface area contributed by atoms with Crippen LogP contribution in [0.3, 0.4) is 0 Å². The molecule has 0 fully saturated rings. The van der Waals surface area contributed by atoms with Crippen molar-refractivity contribution in [3.63, 3.8) is 0 Å². The lowest BCUT2D eigenvalue weighted by Gasteiger charge is -2.07. The molecule has 0 unspecified atom stereocenters. The number of aryl methyl sites for hydroxylation is 2. The van der Waals surface area contributed by atoms with Gasteiger partial charge in [-0.15, -0.1) is 22.7 Å². The van der Waals surface area contributed by atoms with E-state index in [-0.39, 0.29) is 18.1 Å². The van der Waals surface area contributed by atoms with Crippen molar-refractivity contribution >= 4 is 33.6 Å². The molecule has 1 aliphatic rings. The third-order valence-electron chi connectivity index (χ3n) is 4.41. The molecular weight excluding hydrogens is 356 g/mol. The Morgan fingerprint density at radius 2 is 2.04 bits per heavy atom. The molecule has 1 aliphatic carbocycles. The molecule has 0 amide bonds. The van der Waals surface area contributed by atoms with Gasteiger partial charge in [0.25, 0.3) is 5.56 Å². The van der Waals surface area contributed by atoms with E-state index in [1.807, 2.05) is 6.07 Å². The number of hydrogen-bond acceptors (Lipinski definition) is 6. The van der Waals surface area contributed by atoms with E-state index in [4.69, 9.17) is 4.74 Å². The molecule has 5 nitrogen and oxygen atoms in total. The minimum absolute atomic E-state index is 0.0189. The van der Waals surface area contributed by atoms with Gasteiger partial charge in [-0.3, -0.25) is 9.20 Å². The van der Waals surface area contributed by atoms with Crippen molar-refractivity contribution in [3.8, 4) is 0 Å². The number of carbonyl (C=O) groups is 1. The predicted octanol–water partition coefficient (Wildman–Crippen LogP) is 3.83. The number of thiazole rings is 1. The van der Waals surface area contributed by atoms with Crippen molar-refractivity contribution in [3.05, 3.63) is 55.1 Å². The Balaban J connectivity index is 1.48. The highest BCUT2D eigenvalue weighted by molar-refractivity contribution is 7.15. The largest absolute Gasteiger partial charge is 0.455 e. The lowest BCUT2D eigenvalue weighted by Crippen LogP contribution is -2.14. The van der Waals surface area contributed by atoms with Crippen molar-refractivity contribution in [2.24, 2.45) is 0 Å². The van der Waals surface area contributed by atoms with Gasteiger partial charge in [0.1, 0.15) is 11.5 Å². The third-order valence-corrected chi connectivity index (χ3v) is 6.38. The highest BCUT2D eigenvalue weighted by Gasteiger charge is 2.17. The molecule has 3 heterocycles. The second-order valence-corrected chi connectivity index (χ2v) is 8.20. The maximum atomic E-state index is 12.4. The highest BCUT2D eigenvalue weighted by atomic mass is 32.1. The monoisotopic (exact) mass is 374 g/mol. The molecule has 25 heavy (non-hydrogen) atoms. The van der Waals surface area contributed by atoms with Gasteiger partial charge in [0.2, 0.25) is 0 Å². The first-order valence-corrected chi connectivity index (χ1v) is 10.1. The van der Waals surface area contributed by atoms with E-state index in [1.54, 1.807) is 22.9 Å². The van der Waals surface area contributed by atoms with E-state index in [0.717, 1.165) is 12.8 Å². The van der Waals surface area contributed by atoms with Crippen LogP contribution < -0.4 is 5.56 Å². The Morgan fingerprint density at radius 3 is 2.92 bits per heavy atom. The molecule has 0 aromatic carbocycles. The quantitative estimate of drug-likeness (QED) is 0.654. The minimum atomic E-state index is -0.329. The van der Waals surface area contributed by atoms with Gasteiger partial charge in [-0.05, 0) is 37.3 Å². The molecule has 0 aliphatic heterocycles. The lowest BCUT2D eigenvalue weighted by atomic mass is 10.00. The summed E-state index contributed by atoms with van der Waals surface area (Å²) in [5.41, 5.74) is 1.63. The number of fused-ring (bicyclic) bond motifs is 2. The molecule has 0 atom stereocenters. The first-order valence-electron chi connectivity index (χ1n) is 8.45. The number of ether oxygens (including phenoxy) is 1. The fraction of sp³-hybridized carbons (Fsp3) is 0.389. The van der Waals surface area contributed by atoms with Crippen LogP contribution in [-0.4, -0.2) is 15.4 Å². The van der Waals surface area contributed by atoms with Gasteiger partial charge in [0.15, 0.2) is 4.96 Å². The average Bonchev–Trinajstić information content (AvgIpc) is 3.20. The molecule has 3 aromatic heterocycles. The number of aromatic nitrogens is 2. The maximum absolute atomic E-state index is 12.4. The molecule has 0 spiro atoms. The van der Waals surface area contributed by atoms with Gasteiger partial charge in [0.05, 0.1) is 5.69 Å². The van der Waals surface area contributed by atoms with E-state index in [9.17, 15) is 9.59 Å². The molecule has 4 rings (SSSR count). The number of thiophene rings is 1. The number of carbonyl (C=O) groups excluding carboxylic acids is 1. The van der Waals surface area contributed by atoms with Crippen molar-refractivity contribution in [2.75, 3.05) is 0 Å². The zero-order valence-corrected chi connectivity index (χ0v) is 15.3. The van der Waals surface area contributed by atoms with Crippen LogP contribution in [0.5, 0.6) is 0 Å². The highest BCUT2D eigenvalue weighted by Crippen LogP contribution is 2.29. The Hall–Kier alpha value is -1.99. The summed E-state index contributed by atoms with van der Waals surface area (Å²) in [6, 6.07) is 3.40. The Labute approximate surface area is 152 Å². The van der Waals surface area contributed by atoms with E-state index < -0.39 is 0 Å². The fourth-order valence-corrected chi connectivity index (χ4v) is 5.00. The summed E-state index contributed by atoms with van der Waals surface area (Å²) in [6.07, 6.45) is 8.70. The standard InChI is InChI=1S/C18H18N2O3S2/c21-16-10-13(19-18-20(16)7-8-24-18)11-23-17(22)15-9-12-5-3-1-2-4-6-14(12)25-15/h7-10H,1-6,11H2. The van der Waals surface area contributed by atoms with Gasteiger partial charge in [-0.1, -0.05) is 12.8 Å². The Morgan fingerprint density at radius 1 is 1.20 bits per heavy atom. The summed E-state index contributed by atoms with van der Waals surface area (Å²) in [5.74, 6) is -0.329. The summed E-state index contributed by atoms with van der Waals surface area (Å²) in [4.78, 5) is 31.3. The molecule has 0 bridgehead atoms. The molecular formula is C18H18N2O3S2. The van der Waals surface area contributed by atoms with Crippen LogP contribution in [0.15, 0.2) is 28.5 Å². The van der Waals surface area contributed by atoms with Crippen LogP contribution in [0.25, 0.3) is 4.96 Å². The number of rotatable bonds is 3. The first kappa shape index (κ1) is 16.5. The van der Waals surface area contributed by atoms with E-state index in [0.29, 0.717) is 15.5 Å². The maximum Gasteiger partial charge on any atom is 0.348 e. The topological polar surface area (TPSA) is 60.7 Å². The predicted molar refractivity (Wildman–Crippen MR) is 98.7 cm³/mol.